The maximum atomic E-state index is 12.5. The number of nitrogens with zero attached hydrogens (tertiary/aromatic N) is 3. The molecule has 1 aliphatic heterocycles. The summed E-state index contributed by atoms with van der Waals surface area (Å²) in [4.78, 5) is 24.5. The number of nitrogens with one attached hydrogen (secondary N) is 2. The average Bonchev–Trinajstić information content (AvgIpc) is 2.62. The molecule has 2 N–H and O–H groups in total. The first-order valence-electron chi connectivity index (χ1n) is 8.06. The Kier molecular flexibility index (Phi) is 5.27. The Labute approximate surface area is 146 Å². The van der Waals surface area contributed by atoms with Gasteiger partial charge in [0.15, 0.2) is 6.04 Å². The van der Waals surface area contributed by atoms with Gasteiger partial charge in [-0.15, -0.1) is 0 Å². The number of amides is 1. The molecule has 2 heterocycles. The minimum absolute atomic E-state index is 0.0108. The zero-order chi connectivity index (χ0) is 16.9. The third kappa shape index (κ3) is 4.01. The second-order valence-corrected chi connectivity index (χ2v) is 6.35. The van der Waals surface area contributed by atoms with Crippen molar-refractivity contribution < 1.29 is 9.69 Å². The Morgan fingerprint density at radius 3 is 2.62 bits per heavy atom. The van der Waals surface area contributed by atoms with Crippen LogP contribution in [-0.2, 0) is 4.79 Å². The topological polar surface area (TPSA) is 62.6 Å². The minimum atomic E-state index is -0.122. The van der Waals surface area contributed by atoms with Gasteiger partial charge in [0.1, 0.15) is 0 Å². The van der Waals surface area contributed by atoms with Crippen molar-refractivity contribution in [3.63, 3.8) is 0 Å². The van der Waals surface area contributed by atoms with Gasteiger partial charge in [0.25, 0.3) is 5.91 Å². The molecule has 0 unspecified atom stereocenters. The largest absolute Gasteiger partial charge is 0.330 e. The number of carbonyl (C=O) groups is 1. The van der Waals surface area contributed by atoms with E-state index in [9.17, 15) is 4.79 Å². The third-order valence-electron chi connectivity index (χ3n) is 4.34. The van der Waals surface area contributed by atoms with E-state index in [-0.39, 0.29) is 11.9 Å². The number of carbonyl (C=O) groups excluding carboxylic acids is 1. The Hall–Kier alpha value is -2.18. The summed E-state index contributed by atoms with van der Waals surface area (Å²) >= 11 is 5.96. The molecule has 126 valence electrons. The van der Waals surface area contributed by atoms with Gasteiger partial charge >= 0.3 is 0 Å². The molecule has 0 radical (unpaired) electrons. The normalized spacial score (nSPS) is 16.7. The van der Waals surface area contributed by atoms with Gasteiger partial charge in [-0.3, -0.25) is 4.79 Å². The van der Waals surface area contributed by atoms with Crippen molar-refractivity contribution in [3.05, 3.63) is 47.7 Å². The number of rotatable bonds is 4. The van der Waals surface area contributed by atoms with Crippen LogP contribution in [0.15, 0.2) is 42.7 Å². The smallest absolute Gasteiger partial charge is 0.282 e. The molecule has 1 aromatic carbocycles. The van der Waals surface area contributed by atoms with E-state index in [0.29, 0.717) is 5.02 Å². The third-order valence-corrected chi connectivity index (χ3v) is 4.57. The first-order valence-corrected chi connectivity index (χ1v) is 8.44. The van der Waals surface area contributed by atoms with Crippen LogP contribution >= 0.6 is 11.6 Å². The monoisotopic (exact) mass is 346 g/mol. The van der Waals surface area contributed by atoms with Crippen molar-refractivity contribution >= 4 is 29.1 Å². The first-order chi connectivity index (χ1) is 11.6. The van der Waals surface area contributed by atoms with Crippen molar-refractivity contribution in [2.75, 3.05) is 36.4 Å². The number of halogens is 1. The molecule has 0 bridgehead atoms. The van der Waals surface area contributed by atoms with Crippen LogP contribution in [0.2, 0.25) is 5.02 Å². The number of quaternary nitrogens is 1. The Morgan fingerprint density at radius 1 is 1.25 bits per heavy atom. The number of aromatic nitrogens is 2. The van der Waals surface area contributed by atoms with Crippen molar-refractivity contribution in [2.45, 2.75) is 13.0 Å². The first kappa shape index (κ1) is 16.7. The van der Waals surface area contributed by atoms with E-state index in [4.69, 9.17) is 11.6 Å². The number of anilines is 2. The van der Waals surface area contributed by atoms with Crippen LogP contribution in [-0.4, -0.2) is 48.1 Å². The summed E-state index contributed by atoms with van der Waals surface area (Å²) in [6.45, 7) is 5.40. The lowest BCUT2D eigenvalue weighted by Crippen LogP contribution is -3.19. The van der Waals surface area contributed by atoms with Crippen molar-refractivity contribution in [3.8, 4) is 0 Å². The molecule has 6 nitrogen and oxygen atoms in total. The fourth-order valence-electron chi connectivity index (χ4n) is 2.88. The van der Waals surface area contributed by atoms with Gasteiger partial charge in [-0.25, -0.2) is 9.97 Å². The predicted octanol–water partition coefficient (Wildman–Crippen LogP) is 0.862. The van der Waals surface area contributed by atoms with E-state index in [0.717, 1.165) is 37.8 Å². The van der Waals surface area contributed by atoms with E-state index < -0.39 is 0 Å². The summed E-state index contributed by atoms with van der Waals surface area (Å²) in [5.41, 5.74) is 0.732. The Balaban J connectivity index is 1.55. The van der Waals surface area contributed by atoms with E-state index in [1.54, 1.807) is 24.5 Å². The number of hydrogen-bond donors (Lipinski definition) is 2. The van der Waals surface area contributed by atoms with Gasteiger partial charge in [-0.2, -0.15) is 0 Å². The molecular formula is C17H21ClN5O+. The number of benzene rings is 1. The van der Waals surface area contributed by atoms with Gasteiger partial charge in [-0.05, 0) is 31.2 Å². The van der Waals surface area contributed by atoms with Crippen LogP contribution in [0, 0.1) is 0 Å². The lowest BCUT2D eigenvalue weighted by molar-refractivity contribution is -0.914. The molecule has 24 heavy (non-hydrogen) atoms. The van der Waals surface area contributed by atoms with Gasteiger partial charge in [0.05, 0.1) is 26.2 Å². The van der Waals surface area contributed by atoms with Gasteiger partial charge in [-0.1, -0.05) is 17.7 Å². The highest BCUT2D eigenvalue weighted by Gasteiger charge is 2.29. The zero-order valence-corrected chi connectivity index (χ0v) is 14.3. The molecule has 1 aromatic heterocycles. The van der Waals surface area contributed by atoms with Crippen LogP contribution in [0.5, 0.6) is 0 Å². The summed E-state index contributed by atoms with van der Waals surface area (Å²) in [7, 11) is 0. The quantitative estimate of drug-likeness (QED) is 0.862. The van der Waals surface area contributed by atoms with E-state index in [1.807, 2.05) is 25.1 Å². The molecular weight excluding hydrogens is 326 g/mol. The van der Waals surface area contributed by atoms with Gasteiger partial charge < -0.3 is 15.1 Å². The zero-order valence-electron chi connectivity index (χ0n) is 13.6. The number of hydrogen-bond acceptors (Lipinski definition) is 4. The molecule has 1 aliphatic rings. The molecule has 1 atom stereocenters. The van der Waals surface area contributed by atoms with Crippen molar-refractivity contribution in [1.29, 1.82) is 0 Å². The molecule has 2 aromatic rings. The highest BCUT2D eigenvalue weighted by molar-refractivity contribution is 6.30. The summed E-state index contributed by atoms with van der Waals surface area (Å²) < 4.78 is 0. The molecule has 1 saturated heterocycles. The molecule has 7 heteroatoms. The molecule has 1 fully saturated rings. The van der Waals surface area contributed by atoms with Crippen molar-refractivity contribution in [1.82, 2.24) is 9.97 Å². The summed E-state index contributed by atoms with van der Waals surface area (Å²) in [6, 6.07) is 8.91. The van der Waals surface area contributed by atoms with Crippen LogP contribution in [0.4, 0.5) is 11.6 Å². The van der Waals surface area contributed by atoms with Crippen molar-refractivity contribution in [2.24, 2.45) is 0 Å². The summed E-state index contributed by atoms with van der Waals surface area (Å²) in [5.74, 6) is 0.768. The van der Waals surface area contributed by atoms with E-state index >= 15 is 0 Å². The van der Waals surface area contributed by atoms with E-state index in [2.05, 4.69) is 20.2 Å². The molecule has 0 spiro atoms. The lowest BCUT2D eigenvalue weighted by Gasteiger charge is -2.34. The highest BCUT2D eigenvalue weighted by atomic mass is 35.5. The number of piperazine rings is 1. The maximum Gasteiger partial charge on any atom is 0.282 e. The maximum absolute atomic E-state index is 12.5. The fourth-order valence-corrected chi connectivity index (χ4v) is 3.07. The second kappa shape index (κ2) is 7.59. The Morgan fingerprint density at radius 2 is 1.96 bits per heavy atom. The van der Waals surface area contributed by atoms with Gasteiger partial charge in [0, 0.05) is 23.1 Å². The van der Waals surface area contributed by atoms with Gasteiger partial charge in [0.2, 0.25) is 5.95 Å². The lowest BCUT2D eigenvalue weighted by atomic mass is 10.2. The fraction of sp³-hybridized carbons (Fsp3) is 0.353. The minimum Gasteiger partial charge on any atom is -0.330 e. The SMILES string of the molecule is C[C@H](C(=O)Nc1cccc(Cl)c1)[NH+]1CCN(c2ncccn2)CC1. The van der Waals surface area contributed by atoms with Crippen LogP contribution in [0.3, 0.4) is 0 Å². The molecule has 0 saturated carbocycles. The van der Waals surface area contributed by atoms with Crippen LogP contribution in [0.25, 0.3) is 0 Å². The average molecular weight is 347 g/mol. The Bertz CT molecular complexity index is 688. The molecule has 3 rings (SSSR count). The van der Waals surface area contributed by atoms with Crippen LogP contribution < -0.4 is 15.1 Å². The molecule has 1 amide bonds. The summed E-state index contributed by atoms with van der Waals surface area (Å²) in [6.07, 6.45) is 3.51. The molecule has 0 aliphatic carbocycles. The summed E-state index contributed by atoms with van der Waals surface area (Å²) in [5, 5.41) is 3.56. The van der Waals surface area contributed by atoms with E-state index in [1.165, 1.54) is 4.90 Å². The predicted molar refractivity (Wildman–Crippen MR) is 94.5 cm³/mol. The van der Waals surface area contributed by atoms with Crippen LogP contribution in [0.1, 0.15) is 6.92 Å². The second-order valence-electron chi connectivity index (χ2n) is 5.92. The highest BCUT2D eigenvalue weighted by Crippen LogP contribution is 2.14. The standard InChI is InChI=1S/C17H20ClN5O/c1-13(16(24)21-15-5-2-4-14(18)12-15)22-8-10-23(11-9-22)17-19-6-3-7-20-17/h2-7,12-13H,8-11H2,1H3,(H,21,24)/p+1/t13-/m1/s1.